The highest BCUT2D eigenvalue weighted by Crippen LogP contribution is 2.21. The molecular weight excluding hydrogens is 376 g/mol. The summed E-state index contributed by atoms with van der Waals surface area (Å²) in [5, 5.41) is 3.63. The third-order valence-corrected chi connectivity index (χ3v) is 4.64. The van der Waals surface area contributed by atoms with Crippen molar-refractivity contribution in [3.63, 3.8) is 0 Å². The highest BCUT2D eigenvalue weighted by atomic mass is 35.5. The van der Waals surface area contributed by atoms with E-state index in [1.54, 1.807) is 43.4 Å². The fourth-order valence-electron chi connectivity index (χ4n) is 2.87. The molecule has 0 aliphatic carbocycles. The molecule has 28 heavy (non-hydrogen) atoms. The van der Waals surface area contributed by atoms with Crippen LogP contribution in [0.2, 0.25) is 5.02 Å². The predicted molar refractivity (Wildman–Crippen MR) is 110 cm³/mol. The van der Waals surface area contributed by atoms with E-state index in [1.807, 2.05) is 24.3 Å². The third-order valence-electron chi connectivity index (χ3n) is 4.39. The van der Waals surface area contributed by atoms with Crippen LogP contribution in [-0.2, 0) is 6.42 Å². The van der Waals surface area contributed by atoms with Crippen LogP contribution in [0.1, 0.15) is 32.9 Å². The quantitative estimate of drug-likeness (QED) is 0.595. The average molecular weight is 397 g/mol. The Morgan fingerprint density at radius 1 is 1.04 bits per heavy atom. The van der Waals surface area contributed by atoms with E-state index < -0.39 is 0 Å². The topological polar surface area (TPSA) is 62.6 Å². The summed E-state index contributed by atoms with van der Waals surface area (Å²) >= 11 is 5.89. The van der Waals surface area contributed by atoms with Gasteiger partial charge in [-0.05, 0) is 54.8 Å². The van der Waals surface area contributed by atoms with Crippen LogP contribution in [0.5, 0.6) is 0 Å². The monoisotopic (exact) mass is 396 g/mol. The number of hydrogen-bond donors (Lipinski definition) is 1. The minimum atomic E-state index is -0.312. The summed E-state index contributed by atoms with van der Waals surface area (Å²) in [6.07, 6.45) is 3.09. The van der Waals surface area contributed by atoms with Gasteiger partial charge in [0.05, 0.1) is 17.5 Å². The van der Waals surface area contributed by atoms with Crippen molar-refractivity contribution >= 4 is 29.1 Å². The van der Waals surface area contributed by atoms with Crippen molar-refractivity contribution in [2.45, 2.75) is 12.8 Å². The lowest BCUT2D eigenvalue weighted by atomic mass is 10.1. The molecule has 5 nitrogen and oxygen atoms in total. The van der Waals surface area contributed by atoms with Gasteiger partial charge >= 0.3 is 0 Å². The standard InChI is InChI=1S/C22H21ClN2O3/c1-25(22(27)20-9-5-15-28-20)19-8-3-2-7-18(19)21(26)24-14-4-6-16-10-12-17(23)13-11-16/h2-3,5,7-13,15H,4,6,14H2,1H3,(H,24,26). The molecule has 0 atom stereocenters. The van der Waals surface area contributed by atoms with Crippen molar-refractivity contribution in [3.8, 4) is 0 Å². The molecule has 0 unspecified atom stereocenters. The second-order valence-corrected chi connectivity index (χ2v) is 6.78. The normalized spacial score (nSPS) is 10.5. The molecular formula is C22H21ClN2O3. The predicted octanol–water partition coefficient (Wildman–Crippen LogP) is 4.57. The van der Waals surface area contributed by atoms with Crippen LogP contribution in [0.15, 0.2) is 71.3 Å². The molecule has 1 heterocycles. The highest BCUT2D eigenvalue weighted by Gasteiger charge is 2.20. The molecule has 0 aliphatic heterocycles. The third kappa shape index (κ3) is 4.81. The number of carbonyl (C=O) groups excluding carboxylic acids is 2. The molecule has 0 bridgehead atoms. The Morgan fingerprint density at radius 3 is 2.50 bits per heavy atom. The Kier molecular flexibility index (Phi) is 6.50. The molecule has 144 valence electrons. The second kappa shape index (κ2) is 9.24. The summed E-state index contributed by atoms with van der Waals surface area (Å²) in [6, 6.07) is 17.9. The molecule has 0 radical (unpaired) electrons. The van der Waals surface area contributed by atoms with Crippen LogP contribution in [0.25, 0.3) is 0 Å². The molecule has 0 fully saturated rings. The van der Waals surface area contributed by atoms with Crippen molar-refractivity contribution in [1.82, 2.24) is 5.32 Å². The van der Waals surface area contributed by atoms with Crippen LogP contribution in [-0.4, -0.2) is 25.4 Å². The first-order valence-corrected chi connectivity index (χ1v) is 9.37. The van der Waals surface area contributed by atoms with Gasteiger partial charge in [0.25, 0.3) is 11.8 Å². The van der Waals surface area contributed by atoms with Crippen molar-refractivity contribution in [2.24, 2.45) is 0 Å². The number of carbonyl (C=O) groups is 2. The number of amides is 2. The van der Waals surface area contributed by atoms with Crippen molar-refractivity contribution < 1.29 is 14.0 Å². The Labute approximate surface area is 168 Å². The van der Waals surface area contributed by atoms with Crippen LogP contribution in [0.4, 0.5) is 5.69 Å². The molecule has 3 rings (SSSR count). The molecule has 3 aromatic rings. The van der Waals surface area contributed by atoms with Crippen molar-refractivity contribution in [1.29, 1.82) is 0 Å². The van der Waals surface area contributed by atoms with Gasteiger partial charge < -0.3 is 14.6 Å². The lowest BCUT2D eigenvalue weighted by molar-refractivity contribution is 0.0953. The number of para-hydroxylation sites is 1. The first kappa shape index (κ1) is 19.7. The zero-order valence-corrected chi connectivity index (χ0v) is 16.3. The minimum absolute atomic E-state index is 0.217. The fraction of sp³-hybridized carbons (Fsp3) is 0.182. The van der Waals surface area contributed by atoms with Crippen LogP contribution < -0.4 is 10.2 Å². The summed E-state index contributed by atoms with van der Waals surface area (Å²) in [6.45, 7) is 0.533. The highest BCUT2D eigenvalue weighted by molar-refractivity contribution is 6.30. The molecule has 1 N–H and O–H groups in total. The summed E-state index contributed by atoms with van der Waals surface area (Å²) in [4.78, 5) is 26.6. The summed E-state index contributed by atoms with van der Waals surface area (Å²) in [7, 11) is 1.62. The smallest absolute Gasteiger partial charge is 0.293 e. The lowest BCUT2D eigenvalue weighted by Crippen LogP contribution is -2.31. The molecule has 0 spiro atoms. The first-order chi connectivity index (χ1) is 13.6. The van der Waals surface area contributed by atoms with E-state index in [-0.39, 0.29) is 17.6 Å². The van der Waals surface area contributed by atoms with Gasteiger partial charge in [0, 0.05) is 18.6 Å². The zero-order chi connectivity index (χ0) is 19.9. The van der Waals surface area contributed by atoms with Gasteiger partial charge in [0.2, 0.25) is 0 Å². The summed E-state index contributed by atoms with van der Waals surface area (Å²) in [5.41, 5.74) is 2.14. The van der Waals surface area contributed by atoms with Gasteiger partial charge in [-0.25, -0.2) is 0 Å². The molecule has 0 saturated carbocycles. The van der Waals surface area contributed by atoms with E-state index in [0.29, 0.717) is 22.8 Å². The SMILES string of the molecule is CN(C(=O)c1ccco1)c1ccccc1C(=O)NCCCc1ccc(Cl)cc1. The lowest BCUT2D eigenvalue weighted by Gasteiger charge is -2.19. The molecule has 0 aliphatic rings. The summed E-state index contributed by atoms with van der Waals surface area (Å²) < 4.78 is 5.17. The largest absolute Gasteiger partial charge is 0.459 e. The van der Waals surface area contributed by atoms with Crippen LogP contribution >= 0.6 is 11.6 Å². The van der Waals surface area contributed by atoms with Crippen molar-refractivity contribution in [2.75, 3.05) is 18.5 Å². The van der Waals surface area contributed by atoms with Crippen LogP contribution in [0, 0.1) is 0 Å². The molecule has 2 aromatic carbocycles. The maximum Gasteiger partial charge on any atom is 0.293 e. The van der Waals surface area contributed by atoms with E-state index in [0.717, 1.165) is 12.8 Å². The van der Waals surface area contributed by atoms with E-state index in [4.69, 9.17) is 16.0 Å². The maximum atomic E-state index is 12.6. The molecule has 1 aromatic heterocycles. The Bertz CT molecular complexity index is 937. The van der Waals surface area contributed by atoms with Gasteiger partial charge in [0.1, 0.15) is 0 Å². The number of anilines is 1. The molecule has 6 heteroatoms. The maximum absolute atomic E-state index is 12.6. The number of nitrogens with one attached hydrogen (secondary N) is 1. The average Bonchev–Trinajstić information content (AvgIpc) is 3.26. The van der Waals surface area contributed by atoms with Crippen LogP contribution in [0.3, 0.4) is 0 Å². The minimum Gasteiger partial charge on any atom is -0.459 e. The molecule has 2 amide bonds. The zero-order valence-electron chi connectivity index (χ0n) is 15.5. The van der Waals surface area contributed by atoms with Gasteiger partial charge in [-0.3, -0.25) is 9.59 Å². The number of rotatable bonds is 7. The van der Waals surface area contributed by atoms with Gasteiger partial charge in [0.15, 0.2) is 5.76 Å². The second-order valence-electron chi connectivity index (χ2n) is 6.34. The fourth-order valence-corrected chi connectivity index (χ4v) is 3.00. The number of halogens is 1. The summed E-state index contributed by atoms with van der Waals surface area (Å²) in [5.74, 6) is -0.306. The number of hydrogen-bond acceptors (Lipinski definition) is 3. The van der Waals surface area contributed by atoms with Gasteiger partial charge in [-0.2, -0.15) is 0 Å². The van der Waals surface area contributed by atoms with E-state index in [9.17, 15) is 9.59 Å². The van der Waals surface area contributed by atoms with E-state index >= 15 is 0 Å². The Morgan fingerprint density at radius 2 is 1.79 bits per heavy atom. The number of aryl methyl sites for hydroxylation is 1. The Hall–Kier alpha value is -3.05. The van der Waals surface area contributed by atoms with Crippen molar-refractivity contribution in [3.05, 3.63) is 88.8 Å². The number of benzene rings is 2. The number of nitrogens with zero attached hydrogens (tertiary/aromatic N) is 1. The molecule has 0 saturated heterocycles. The Balaban J connectivity index is 1.60. The van der Waals surface area contributed by atoms with Gasteiger partial charge in [-0.1, -0.05) is 35.9 Å². The van der Waals surface area contributed by atoms with Gasteiger partial charge in [-0.15, -0.1) is 0 Å². The van der Waals surface area contributed by atoms with E-state index in [2.05, 4.69) is 5.32 Å². The first-order valence-electron chi connectivity index (χ1n) is 8.99. The number of furan rings is 1. The van der Waals surface area contributed by atoms with E-state index in [1.165, 1.54) is 16.7 Å².